The molecule has 4 aromatic carbocycles. The second kappa shape index (κ2) is 24.7. The van der Waals surface area contributed by atoms with Crippen molar-refractivity contribution in [1.82, 2.24) is 15.5 Å². The summed E-state index contributed by atoms with van der Waals surface area (Å²) in [7, 11) is 1.47. The summed E-state index contributed by atoms with van der Waals surface area (Å²) in [5.74, 6) is -5.06. The number of carbonyl (C=O) groups excluding carboxylic acids is 8. The van der Waals surface area contributed by atoms with E-state index >= 15 is 9.59 Å². The molecule has 1 aliphatic heterocycles. The smallest absolute Gasteiger partial charge is 0.428 e. The quantitative estimate of drug-likeness (QED) is 0.0495. The van der Waals surface area contributed by atoms with Crippen molar-refractivity contribution in [3.05, 3.63) is 107 Å². The van der Waals surface area contributed by atoms with Gasteiger partial charge in [-0.1, -0.05) is 93.2 Å². The van der Waals surface area contributed by atoms with Gasteiger partial charge in [0.1, 0.15) is 34.8 Å². The van der Waals surface area contributed by atoms with Crippen molar-refractivity contribution in [3.8, 4) is 33.8 Å². The molecule has 0 aliphatic carbocycles. The number of hydrogen-bond donors (Lipinski definition) is 2. The summed E-state index contributed by atoms with van der Waals surface area (Å²) in [5.41, 5.74) is 1.16. The van der Waals surface area contributed by atoms with E-state index in [0.29, 0.717) is 29.0 Å². The molecule has 0 spiro atoms. The SMILES string of the molecule is CCCCC[C@H](CC(=O)c1ccc(-c2ccc(Cl)cc2)cc1)C(=O)N(C)[C@@H]1C(=O)C[C@@H](C)C(=O)N[C@H](C(=O)N[C@@H](C)C(C)=O)Cc2ccc(OC(=O)OC(C)(C)C)c(c2)-c2cc1ccc2OC(=O)OC(C)(C)C. The van der Waals surface area contributed by atoms with Gasteiger partial charge in [0.25, 0.3) is 0 Å². The highest BCUT2D eigenvalue weighted by Crippen LogP contribution is 2.41. The topological polar surface area (TPSA) is 201 Å². The van der Waals surface area contributed by atoms with E-state index in [-0.39, 0.29) is 52.6 Å². The Morgan fingerprint density at radius 3 is 1.86 bits per heavy atom. The fraction of sp³-hybridized carbons (Fsp3) is 0.439. The van der Waals surface area contributed by atoms with Gasteiger partial charge in [-0.2, -0.15) is 0 Å². The Morgan fingerprint density at radius 1 is 0.767 bits per heavy atom. The molecule has 0 aromatic heterocycles. The molecule has 1 heterocycles. The normalized spacial score (nSPS) is 16.9. The van der Waals surface area contributed by atoms with E-state index in [4.69, 9.17) is 30.5 Å². The number of ether oxygens (including phenoxy) is 4. The Kier molecular flexibility index (Phi) is 19.3. The molecule has 4 aromatic rings. The number of unbranched alkanes of at least 4 members (excludes halogenated alkanes) is 2. The summed E-state index contributed by atoms with van der Waals surface area (Å²) >= 11 is 6.10. The van der Waals surface area contributed by atoms with Gasteiger partial charge in [-0.05, 0) is 120 Å². The van der Waals surface area contributed by atoms with Crippen LogP contribution in [0.4, 0.5) is 9.59 Å². The van der Waals surface area contributed by atoms with Gasteiger partial charge < -0.3 is 34.5 Å². The number of nitrogens with zero attached hydrogens (tertiary/aromatic N) is 1. The summed E-state index contributed by atoms with van der Waals surface area (Å²) in [6.45, 7) is 16.3. The van der Waals surface area contributed by atoms with E-state index in [2.05, 4.69) is 10.6 Å². The number of rotatable bonds is 15. The maximum Gasteiger partial charge on any atom is 0.514 e. The number of likely N-dealkylation sites (N-methyl/N-ethyl adjacent to an activating group) is 1. The first kappa shape index (κ1) is 57.0. The molecule has 16 heteroatoms. The number of carbonyl (C=O) groups is 8. The summed E-state index contributed by atoms with van der Waals surface area (Å²) in [4.78, 5) is 112. The van der Waals surface area contributed by atoms with Crippen molar-refractivity contribution in [2.45, 2.75) is 144 Å². The molecule has 0 saturated carbocycles. The number of ketones is 3. The molecule has 3 amide bonds. The first-order chi connectivity index (χ1) is 34.2. The van der Waals surface area contributed by atoms with Crippen LogP contribution in [0.2, 0.25) is 5.02 Å². The lowest BCUT2D eigenvalue weighted by Crippen LogP contribution is -2.52. The predicted molar refractivity (Wildman–Crippen MR) is 277 cm³/mol. The van der Waals surface area contributed by atoms with Gasteiger partial charge >= 0.3 is 12.3 Å². The molecular weight excluding hydrogens is 954 g/mol. The summed E-state index contributed by atoms with van der Waals surface area (Å²) in [6.07, 6.45) is -0.271. The maximum absolute atomic E-state index is 15.1. The van der Waals surface area contributed by atoms with Crippen molar-refractivity contribution in [2.24, 2.45) is 11.8 Å². The first-order valence-corrected chi connectivity index (χ1v) is 25.0. The monoisotopic (exact) mass is 1020 g/mol. The van der Waals surface area contributed by atoms with Gasteiger partial charge in [-0.25, -0.2) is 9.59 Å². The molecule has 0 unspecified atom stereocenters. The standard InChI is InChI=1S/C57H68ClN3O12/c1-12-13-14-15-41(32-46(63)39-19-17-37(18-20-39)38-21-24-42(58)25-22-38)53(67)61(11)50-40-23-27-49(71-55(69)73-57(8,9)10)44(31-40)43-29-36(16-26-48(43)70-54(68)72-56(5,6)7)30-45(52(66)59-34(3)35(4)62)60-51(65)33(2)28-47(50)64/h16-27,29,31,33-34,41,45,50H,12-15,28,30,32H2,1-11H3,(H,59,66)(H,60,65)/t33-,34+,41-,45+,50+/m1/s1. The number of Topliss-reactive ketones (excluding diaryl/α,β-unsaturated/α-hetero) is 3. The summed E-state index contributed by atoms with van der Waals surface area (Å²) in [6, 6.07) is 19.9. The Balaban J connectivity index is 1.67. The molecule has 73 heavy (non-hydrogen) atoms. The highest BCUT2D eigenvalue weighted by atomic mass is 35.5. The van der Waals surface area contributed by atoms with Crippen LogP contribution < -0.4 is 20.1 Å². The molecule has 0 saturated heterocycles. The summed E-state index contributed by atoms with van der Waals surface area (Å²) in [5, 5.41) is 6.01. The van der Waals surface area contributed by atoms with E-state index in [1.54, 1.807) is 77.9 Å². The lowest BCUT2D eigenvalue weighted by atomic mass is 9.87. The van der Waals surface area contributed by atoms with Crippen LogP contribution >= 0.6 is 11.6 Å². The van der Waals surface area contributed by atoms with E-state index in [0.717, 1.165) is 24.0 Å². The van der Waals surface area contributed by atoms with Crippen LogP contribution in [0.5, 0.6) is 11.5 Å². The second-order valence-electron chi connectivity index (χ2n) is 20.7. The molecule has 1 aliphatic rings. The zero-order chi connectivity index (χ0) is 53.9. The van der Waals surface area contributed by atoms with Crippen LogP contribution in [0.3, 0.4) is 0 Å². The first-order valence-electron chi connectivity index (χ1n) is 24.6. The zero-order valence-electron chi connectivity index (χ0n) is 43.6. The van der Waals surface area contributed by atoms with Crippen molar-refractivity contribution in [2.75, 3.05) is 7.05 Å². The van der Waals surface area contributed by atoms with E-state index in [1.165, 1.54) is 57.0 Å². The van der Waals surface area contributed by atoms with Gasteiger partial charge in [0, 0.05) is 59.9 Å². The lowest BCUT2D eigenvalue weighted by molar-refractivity contribution is -0.142. The average Bonchev–Trinajstić information content (AvgIpc) is 3.30. The molecular formula is C57H68ClN3O12. The van der Waals surface area contributed by atoms with Crippen molar-refractivity contribution < 1.29 is 57.3 Å². The van der Waals surface area contributed by atoms with Crippen LogP contribution in [-0.2, 0) is 39.9 Å². The third-order valence-corrected chi connectivity index (χ3v) is 12.4. The van der Waals surface area contributed by atoms with Crippen LogP contribution in [-0.4, -0.2) is 82.6 Å². The van der Waals surface area contributed by atoms with Gasteiger partial charge in [-0.15, -0.1) is 0 Å². The van der Waals surface area contributed by atoms with Crippen LogP contribution in [0.25, 0.3) is 22.3 Å². The van der Waals surface area contributed by atoms with Crippen LogP contribution in [0.15, 0.2) is 84.9 Å². The number of benzene rings is 4. The van der Waals surface area contributed by atoms with Crippen LogP contribution in [0, 0.1) is 11.8 Å². The van der Waals surface area contributed by atoms with E-state index in [9.17, 15) is 28.8 Å². The number of halogens is 1. The Morgan fingerprint density at radius 2 is 1.32 bits per heavy atom. The molecule has 15 nitrogen and oxygen atoms in total. The highest BCUT2D eigenvalue weighted by molar-refractivity contribution is 6.30. The second-order valence-corrected chi connectivity index (χ2v) is 21.1. The summed E-state index contributed by atoms with van der Waals surface area (Å²) < 4.78 is 22.7. The number of hydrogen-bond acceptors (Lipinski definition) is 12. The fourth-order valence-electron chi connectivity index (χ4n) is 8.25. The molecule has 2 N–H and O–H groups in total. The Hall–Kier alpha value is -6.87. The number of nitrogens with one attached hydrogen (secondary N) is 2. The van der Waals surface area contributed by atoms with E-state index in [1.807, 2.05) is 31.2 Å². The lowest BCUT2D eigenvalue weighted by Gasteiger charge is -2.32. The van der Waals surface area contributed by atoms with Crippen molar-refractivity contribution in [1.29, 1.82) is 0 Å². The van der Waals surface area contributed by atoms with Gasteiger partial charge in [0.05, 0.1) is 6.04 Å². The molecule has 390 valence electrons. The molecule has 0 fully saturated rings. The zero-order valence-corrected chi connectivity index (χ0v) is 44.4. The van der Waals surface area contributed by atoms with Gasteiger partial charge in [0.2, 0.25) is 17.7 Å². The van der Waals surface area contributed by atoms with Gasteiger partial charge in [0.15, 0.2) is 17.3 Å². The minimum absolute atomic E-state index is 0.0804. The van der Waals surface area contributed by atoms with Gasteiger partial charge in [-0.3, -0.25) is 28.8 Å². The average molecular weight is 1020 g/mol. The third-order valence-electron chi connectivity index (χ3n) is 12.2. The Bertz CT molecular complexity index is 2690. The molecule has 4 bridgehead atoms. The fourth-order valence-corrected chi connectivity index (χ4v) is 8.38. The number of amides is 3. The van der Waals surface area contributed by atoms with E-state index < -0.39 is 83.4 Å². The molecule has 5 atom stereocenters. The maximum atomic E-state index is 15.1. The minimum atomic E-state index is -1.39. The highest BCUT2D eigenvalue weighted by Gasteiger charge is 2.37. The van der Waals surface area contributed by atoms with Crippen LogP contribution in [0.1, 0.15) is 135 Å². The molecule has 5 rings (SSSR count). The predicted octanol–water partition coefficient (Wildman–Crippen LogP) is 11.0. The minimum Gasteiger partial charge on any atom is -0.428 e. The number of fused-ring (bicyclic) bond motifs is 5. The Labute approximate surface area is 433 Å². The largest absolute Gasteiger partial charge is 0.514 e. The van der Waals surface area contributed by atoms with Crippen molar-refractivity contribution in [3.63, 3.8) is 0 Å². The third kappa shape index (κ3) is 16.3. The molecule has 0 radical (unpaired) electrons. The van der Waals surface area contributed by atoms with Crippen molar-refractivity contribution >= 4 is 59.0 Å².